The molecule has 0 saturated carbocycles. The van der Waals surface area contributed by atoms with Crippen LogP contribution < -0.4 is 4.74 Å². The average molecular weight is 303 g/mol. The summed E-state index contributed by atoms with van der Waals surface area (Å²) in [5.74, 6) is 1.30. The summed E-state index contributed by atoms with van der Waals surface area (Å²) < 4.78 is 7.22. The van der Waals surface area contributed by atoms with Crippen molar-refractivity contribution in [1.29, 1.82) is 0 Å². The fourth-order valence-corrected chi connectivity index (χ4v) is 3.54. The van der Waals surface area contributed by atoms with E-state index in [1.807, 2.05) is 36.4 Å². The van der Waals surface area contributed by atoms with Gasteiger partial charge in [0.25, 0.3) is 0 Å². The Hall–Kier alpha value is -1.51. The molecule has 2 aromatic carbocycles. The predicted octanol–water partition coefficient (Wildman–Crippen LogP) is 6.47. The quantitative estimate of drug-likeness (QED) is 0.538. The minimum Gasteiger partial charge on any atom is -0.445 e. The van der Waals surface area contributed by atoms with Gasteiger partial charge in [0.05, 0.1) is 0 Å². The Balaban J connectivity index is 2.04. The molecule has 0 atom stereocenters. The number of rotatable bonds is 3. The van der Waals surface area contributed by atoms with Crippen molar-refractivity contribution in [2.24, 2.45) is 0 Å². The monoisotopic (exact) mass is 302 g/mol. The Kier molecular flexibility index (Phi) is 3.68. The minimum atomic E-state index is 0.416. The maximum absolute atomic E-state index is 6.42. The van der Waals surface area contributed by atoms with E-state index >= 15 is 0 Å². The van der Waals surface area contributed by atoms with Gasteiger partial charge in [0.15, 0.2) is 0 Å². The van der Waals surface area contributed by atoms with Crippen LogP contribution in [0, 0.1) is 0 Å². The number of ether oxygens (including phenoxy) is 1. The molecule has 0 aliphatic carbocycles. The highest BCUT2D eigenvalue weighted by Gasteiger charge is 2.14. The van der Waals surface area contributed by atoms with Gasteiger partial charge in [0.1, 0.15) is 10.8 Å². The van der Waals surface area contributed by atoms with Crippen LogP contribution in [0.25, 0.3) is 10.1 Å². The largest absolute Gasteiger partial charge is 0.445 e. The lowest BCUT2D eigenvalue weighted by Gasteiger charge is -2.12. The Morgan fingerprint density at radius 2 is 1.70 bits per heavy atom. The summed E-state index contributed by atoms with van der Waals surface area (Å²) in [7, 11) is 0. The minimum absolute atomic E-state index is 0.416. The van der Waals surface area contributed by atoms with Crippen LogP contribution in [0.4, 0.5) is 0 Å². The third-order valence-corrected chi connectivity index (χ3v) is 4.79. The van der Waals surface area contributed by atoms with Crippen LogP contribution in [0.5, 0.6) is 10.8 Å². The highest BCUT2D eigenvalue weighted by molar-refractivity contribution is 7.21. The fraction of sp³-hybridized carbons (Fsp3) is 0.176. The van der Waals surface area contributed by atoms with Gasteiger partial charge in [-0.25, -0.2) is 0 Å². The molecule has 0 bridgehead atoms. The maximum Gasteiger partial charge on any atom is 0.200 e. The molecule has 1 aromatic heterocycles. The number of fused-ring (bicyclic) bond motifs is 1. The van der Waals surface area contributed by atoms with Gasteiger partial charge in [-0.15, -0.1) is 0 Å². The summed E-state index contributed by atoms with van der Waals surface area (Å²) in [6.07, 6.45) is 0. The Morgan fingerprint density at radius 3 is 2.45 bits per heavy atom. The van der Waals surface area contributed by atoms with Gasteiger partial charge in [-0.1, -0.05) is 73.2 Å². The maximum atomic E-state index is 6.42. The molecule has 0 unspecified atom stereocenters. The molecule has 0 aliphatic rings. The summed E-state index contributed by atoms with van der Waals surface area (Å²) in [4.78, 5) is 0. The van der Waals surface area contributed by atoms with E-state index in [1.54, 1.807) is 11.3 Å². The van der Waals surface area contributed by atoms with Crippen molar-refractivity contribution in [3.05, 3.63) is 59.1 Å². The zero-order chi connectivity index (χ0) is 14.1. The van der Waals surface area contributed by atoms with Gasteiger partial charge in [0.2, 0.25) is 5.06 Å². The van der Waals surface area contributed by atoms with Crippen LogP contribution in [-0.2, 0) is 0 Å². The summed E-state index contributed by atoms with van der Waals surface area (Å²) in [6, 6.07) is 16.2. The second-order valence-corrected chi connectivity index (χ2v) is 6.39. The number of hydrogen-bond donors (Lipinski definition) is 0. The number of halogens is 1. The van der Waals surface area contributed by atoms with Crippen molar-refractivity contribution in [2.75, 3.05) is 0 Å². The first-order valence-electron chi connectivity index (χ1n) is 6.60. The lowest BCUT2D eigenvalue weighted by atomic mass is 10.0. The summed E-state index contributed by atoms with van der Waals surface area (Å²) in [5.41, 5.74) is 1.20. The van der Waals surface area contributed by atoms with Crippen LogP contribution in [-0.4, -0.2) is 0 Å². The molecule has 1 heterocycles. The fourth-order valence-electron chi connectivity index (χ4n) is 2.21. The average Bonchev–Trinajstić information content (AvgIpc) is 2.76. The Bertz CT molecular complexity index is 746. The molecule has 3 heteroatoms. The predicted molar refractivity (Wildman–Crippen MR) is 87.4 cm³/mol. The zero-order valence-corrected chi connectivity index (χ0v) is 13.0. The molecule has 0 amide bonds. The van der Waals surface area contributed by atoms with E-state index in [0.29, 0.717) is 10.9 Å². The van der Waals surface area contributed by atoms with Crippen LogP contribution in [0.15, 0.2) is 48.5 Å². The number of thiophene rings is 1. The van der Waals surface area contributed by atoms with E-state index in [1.165, 1.54) is 5.56 Å². The molecule has 102 valence electrons. The van der Waals surface area contributed by atoms with Gasteiger partial charge in [-0.05, 0) is 23.6 Å². The van der Waals surface area contributed by atoms with Crippen molar-refractivity contribution in [2.45, 2.75) is 19.8 Å². The van der Waals surface area contributed by atoms with Crippen LogP contribution in [0.3, 0.4) is 0 Å². The third kappa shape index (κ3) is 2.41. The molecule has 1 nitrogen and oxygen atoms in total. The first-order chi connectivity index (χ1) is 9.66. The Morgan fingerprint density at radius 1 is 1.00 bits per heavy atom. The standard InChI is InChI=1S/C17H15ClOS/c1-11(2)12-7-3-5-9-14(12)19-17-16(18)13-8-4-6-10-15(13)20-17/h3-11H,1-2H3. The number of hydrogen-bond acceptors (Lipinski definition) is 2. The van der Waals surface area contributed by atoms with Gasteiger partial charge in [0, 0.05) is 10.1 Å². The van der Waals surface area contributed by atoms with Crippen molar-refractivity contribution >= 4 is 33.0 Å². The van der Waals surface area contributed by atoms with E-state index in [0.717, 1.165) is 20.9 Å². The zero-order valence-electron chi connectivity index (χ0n) is 11.4. The highest BCUT2D eigenvalue weighted by Crippen LogP contribution is 2.44. The molecule has 0 spiro atoms. The van der Waals surface area contributed by atoms with Crippen LogP contribution >= 0.6 is 22.9 Å². The SMILES string of the molecule is CC(C)c1ccccc1Oc1sc2ccccc2c1Cl. The summed E-state index contributed by atoms with van der Waals surface area (Å²) in [6.45, 7) is 4.32. The molecule has 3 aromatic rings. The van der Waals surface area contributed by atoms with Crippen molar-refractivity contribution in [3.63, 3.8) is 0 Å². The van der Waals surface area contributed by atoms with E-state index in [-0.39, 0.29) is 0 Å². The topological polar surface area (TPSA) is 9.23 Å². The van der Waals surface area contributed by atoms with Crippen LogP contribution in [0.2, 0.25) is 5.02 Å². The molecular weight excluding hydrogens is 288 g/mol. The number of para-hydroxylation sites is 1. The Labute approximate surface area is 127 Å². The molecule has 0 saturated heterocycles. The van der Waals surface area contributed by atoms with Gasteiger partial charge >= 0.3 is 0 Å². The van der Waals surface area contributed by atoms with Crippen molar-refractivity contribution in [3.8, 4) is 10.8 Å². The molecule has 3 rings (SSSR count). The molecule has 0 radical (unpaired) electrons. The van der Waals surface area contributed by atoms with Crippen molar-refractivity contribution < 1.29 is 4.74 Å². The van der Waals surface area contributed by atoms with Gasteiger partial charge < -0.3 is 4.74 Å². The lowest BCUT2D eigenvalue weighted by molar-refractivity contribution is 0.487. The summed E-state index contributed by atoms with van der Waals surface area (Å²) in [5, 5.41) is 2.52. The first-order valence-corrected chi connectivity index (χ1v) is 7.80. The molecule has 0 N–H and O–H groups in total. The van der Waals surface area contributed by atoms with E-state index in [2.05, 4.69) is 26.0 Å². The molecular formula is C17H15ClOS. The normalized spacial score (nSPS) is 11.2. The molecule has 0 aliphatic heterocycles. The second kappa shape index (κ2) is 5.47. The second-order valence-electron chi connectivity index (χ2n) is 4.99. The smallest absolute Gasteiger partial charge is 0.200 e. The first kappa shape index (κ1) is 13.5. The lowest BCUT2D eigenvalue weighted by Crippen LogP contribution is -1.92. The number of benzene rings is 2. The van der Waals surface area contributed by atoms with E-state index < -0.39 is 0 Å². The third-order valence-electron chi connectivity index (χ3n) is 3.25. The van der Waals surface area contributed by atoms with Gasteiger partial charge in [-0.2, -0.15) is 0 Å². The summed E-state index contributed by atoms with van der Waals surface area (Å²) >= 11 is 8.01. The van der Waals surface area contributed by atoms with Gasteiger partial charge in [-0.3, -0.25) is 0 Å². The van der Waals surface area contributed by atoms with E-state index in [9.17, 15) is 0 Å². The van der Waals surface area contributed by atoms with Crippen molar-refractivity contribution in [1.82, 2.24) is 0 Å². The highest BCUT2D eigenvalue weighted by atomic mass is 35.5. The van der Waals surface area contributed by atoms with Crippen LogP contribution in [0.1, 0.15) is 25.3 Å². The molecule has 0 fully saturated rings. The van der Waals surface area contributed by atoms with E-state index in [4.69, 9.17) is 16.3 Å². The molecule has 20 heavy (non-hydrogen) atoms.